The number of aromatic nitrogens is 2. The standard InChI is InChI=1S/C13H22N4O/c1-2-6-18-13-9-15-8-12(16-13)17-5-3-4-11(7-14)10-17/h8-9,11H,2-7,10,14H2,1H3. The van der Waals surface area contributed by atoms with Gasteiger partial charge in [0.15, 0.2) is 5.82 Å². The highest BCUT2D eigenvalue weighted by molar-refractivity contribution is 5.38. The zero-order valence-electron chi connectivity index (χ0n) is 11.0. The molecule has 2 heterocycles. The number of hydrogen-bond acceptors (Lipinski definition) is 5. The molecule has 0 bridgehead atoms. The van der Waals surface area contributed by atoms with Crippen LogP contribution in [0, 0.1) is 5.92 Å². The second-order valence-corrected chi connectivity index (χ2v) is 4.75. The van der Waals surface area contributed by atoms with Crippen molar-refractivity contribution < 1.29 is 4.74 Å². The molecule has 1 aromatic heterocycles. The van der Waals surface area contributed by atoms with Crippen molar-refractivity contribution in [1.29, 1.82) is 0 Å². The number of piperidine rings is 1. The van der Waals surface area contributed by atoms with E-state index in [1.54, 1.807) is 12.4 Å². The third-order valence-electron chi connectivity index (χ3n) is 3.23. The molecule has 5 heteroatoms. The maximum Gasteiger partial charge on any atom is 0.234 e. The second-order valence-electron chi connectivity index (χ2n) is 4.75. The zero-order chi connectivity index (χ0) is 12.8. The van der Waals surface area contributed by atoms with Crippen molar-refractivity contribution in [3.63, 3.8) is 0 Å². The summed E-state index contributed by atoms with van der Waals surface area (Å²) in [4.78, 5) is 11.0. The van der Waals surface area contributed by atoms with Gasteiger partial charge in [-0.3, -0.25) is 4.98 Å². The van der Waals surface area contributed by atoms with Gasteiger partial charge in [0.05, 0.1) is 19.0 Å². The van der Waals surface area contributed by atoms with Crippen LogP contribution in [0.25, 0.3) is 0 Å². The molecule has 1 aromatic rings. The highest BCUT2D eigenvalue weighted by Crippen LogP contribution is 2.21. The Bertz CT molecular complexity index is 372. The minimum Gasteiger partial charge on any atom is -0.477 e. The monoisotopic (exact) mass is 250 g/mol. The number of anilines is 1. The van der Waals surface area contributed by atoms with E-state index in [-0.39, 0.29) is 0 Å². The number of nitrogens with two attached hydrogens (primary N) is 1. The number of nitrogens with zero attached hydrogens (tertiary/aromatic N) is 3. The Labute approximate surface area is 108 Å². The van der Waals surface area contributed by atoms with Crippen molar-refractivity contribution in [1.82, 2.24) is 9.97 Å². The first-order chi connectivity index (χ1) is 8.83. The van der Waals surface area contributed by atoms with Gasteiger partial charge in [-0.15, -0.1) is 0 Å². The van der Waals surface area contributed by atoms with E-state index in [0.717, 1.165) is 31.9 Å². The molecule has 0 aromatic carbocycles. The molecule has 2 N–H and O–H groups in total. The average molecular weight is 250 g/mol. The van der Waals surface area contributed by atoms with Crippen molar-refractivity contribution in [2.45, 2.75) is 26.2 Å². The molecule has 0 amide bonds. The van der Waals surface area contributed by atoms with Gasteiger partial charge in [-0.25, -0.2) is 0 Å². The summed E-state index contributed by atoms with van der Waals surface area (Å²) < 4.78 is 5.51. The first kappa shape index (κ1) is 13.1. The first-order valence-electron chi connectivity index (χ1n) is 6.73. The van der Waals surface area contributed by atoms with Gasteiger partial charge in [-0.1, -0.05) is 6.92 Å². The lowest BCUT2D eigenvalue weighted by Crippen LogP contribution is -2.38. The van der Waals surface area contributed by atoms with Crippen molar-refractivity contribution in [2.75, 3.05) is 31.1 Å². The lowest BCUT2D eigenvalue weighted by molar-refractivity contribution is 0.303. The highest BCUT2D eigenvalue weighted by atomic mass is 16.5. The van der Waals surface area contributed by atoms with E-state index >= 15 is 0 Å². The summed E-state index contributed by atoms with van der Waals surface area (Å²) in [5, 5.41) is 0. The topological polar surface area (TPSA) is 64.3 Å². The fraction of sp³-hybridized carbons (Fsp3) is 0.692. The Morgan fingerprint density at radius 2 is 2.39 bits per heavy atom. The maximum atomic E-state index is 5.75. The molecule has 18 heavy (non-hydrogen) atoms. The van der Waals surface area contributed by atoms with Gasteiger partial charge < -0.3 is 15.4 Å². The van der Waals surface area contributed by atoms with Crippen LogP contribution in [0.4, 0.5) is 5.82 Å². The summed E-state index contributed by atoms with van der Waals surface area (Å²) in [6, 6.07) is 0. The van der Waals surface area contributed by atoms with Crippen LogP contribution in [0.2, 0.25) is 0 Å². The quantitative estimate of drug-likeness (QED) is 0.856. The largest absolute Gasteiger partial charge is 0.477 e. The van der Waals surface area contributed by atoms with E-state index < -0.39 is 0 Å². The van der Waals surface area contributed by atoms with Gasteiger partial charge in [-0.05, 0) is 31.7 Å². The molecule has 0 saturated carbocycles. The second kappa shape index (κ2) is 6.54. The molecule has 1 fully saturated rings. The fourth-order valence-corrected chi connectivity index (χ4v) is 2.23. The van der Waals surface area contributed by atoms with Crippen LogP contribution in [-0.2, 0) is 0 Å². The molecule has 2 rings (SSSR count). The zero-order valence-corrected chi connectivity index (χ0v) is 11.0. The minimum absolute atomic E-state index is 0.570. The summed E-state index contributed by atoms with van der Waals surface area (Å²) >= 11 is 0. The number of ether oxygens (including phenoxy) is 1. The van der Waals surface area contributed by atoms with Crippen LogP contribution in [0.15, 0.2) is 12.4 Å². The molecule has 1 aliphatic rings. The van der Waals surface area contributed by atoms with Crippen LogP contribution in [0.1, 0.15) is 26.2 Å². The van der Waals surface area contributed by atoms with Crippen molar-refractivity contribution in [3.8, 4) is 5.88 Å². The lowest BCUT2D eigenvalue weighted by Gasteiger charge is -2.32. The van der Waals surface area contributed by atoms with Crippen LogP contribution < -0.4 is 15.4 Å². The van der Waals surface area contributed by atoms with E-state index in [1.807, 2.05) is 0 Å². The van der Waals surface area contributed by atoms with Gasteiger partial charge in [0.25, 0.3) is 0 Å². The predicted molar refractivity (Wildman–Crippen MR) is 71.8 cm³/mol. The molecule has 1 aliphatic heterocycles. The molecule has 0 radical (unpaired) electrons. The summed E-state index contributed by atoms with van der Waals surface area (Å²) in [6.45, 7) is 5.51. The highest BCUT2D eigenvalue weighted by Gasteiger charge is 2.20. The Hall–Kier alpha value is -1.36. The van der Waals surface area contributed by atoms with E-state index in [1.165, 1.54) is 12.8 Å². The summed E-state index contributed by atoms with van der Waals surface area (Å²) in [7, 11) is 0. The van der Waals surface area contributed by atoms with Gasteiger partial charge in [-0.2, -0.15) is 4.98 Å². The Morgan fingerprint density at radius 1 is 1.50 bits per heavy atom. The van der Waals surface area contributed by atoms with Crippen LogP contribution in [0.5, 0.6) is 5.88 Å². The van der Waals surface area contributed by atoms with E-state index in [2.05, 4.69) is 21.8 Å². The molecule has 1 unspecified atom stereocenters. The van der Waals surface area contributed by atoms with Gasteiger partial charge in [0.2, 0.25) is 5.88 Å². The van der Waals surface area contributed by atoms with Gasteiger partial charge >= 0.3 is 0 Å². The summed E-state index contributed by atoms with van der Waals surface area (Å²) in [5.74, 6) is 2.09. The third-order valence-corrected chi connectivity index (χ3v) is 3.23. The molecule has 5 nitrogen and oxygen atoms in total. The van der Waals surface area contributed by atoms with E-state index in [4.69, 9.17) is 10.5 Å². The SMILES string of the molecule is CCCOc1cncc(N2CCCC(CN)C2)n1. The molecular formula is C13H22N4O. The van der Waals surface area contributed by atoms with Crippen molar-refractivity contribution in [3.05, 3.63) is 12.4 Å². The Morgan fingerprint density at radius 3 is 3.17 bits per heavy atom. The smallest absolute Gasteiger partial charge is 0.234 e. The number of hydrogen-bond donors (Lipinski definition) is 1. The normalized spacial score (nSPS) is 19.9. The fourth-order valence-electron chi connectivity index (χ4n) is 2.23. The van der Waals surface area contributed by atoms with Crippen LogP contribution in [-0.4, -0.2) is 36.2 Å². The molecule has 0 spiro atoms. The van der Waals surface area contributed by atoms with Crippen molar-refractivity contribution >= 4 is 5.82 Å². The molecular weight excluding hydrogens is 228 g/mol. The molecule has 1 saturated heterocycles. The molecule has 1 atom stereocenters. The Kier molecular flexibility index (Phi) is 4.75. The molecule has 0 aliphatic carbocycles. The summed E-state index contributed by atoms with van der Waals surface area (Å²) in [5.41, 5.74) is 5.75. The maximum absolute atomic E-state index is 5.75. The van der Waals surface area contributed by atoms with Crippen molar-refractivity contribution in [2.24, 2.45) is 11.7 Å². The summed E-state index contributed by atoms with van der Waals surface area (Å²) in [6.07, 6.45) is 6.84. The third kappa shape index (κ3) is 3.32. The van der Waals surface area contributed by atoms with Gasteiger partial charge in [0, 0.05) is 13.1 Å². The first-order valence-corrected chi connectivity index (χ1v) is 6.73. The predicted octanol–water partition coefficient (Wildman–Crippen LogP) is 1.44. The lowest BCUT2D eigenvalue weighted by atomic mass is 9.98. The van der Waals surface area contributed by atoms with E-state index in [9.17, 15) is 0 Å². The van der Waals surface area contributed by atoms with Crippen LogP contribution >= 0.6 is 0 Å². The number of rotatable bonds is 5. The minimum atomic E-state index is 0.570. The van der Waals surface area contributed by atoms with E-state index in [0.29, 0.717) is 18.4 Å². The molecule has 100 valence electrons. The average Bonchev–Trinajstić information content (AvgIpc) is 2.45. The Balaban J connectivity index is 2.02. The van der Waals surface area contributed by atoms with Crippen LogP contribution in [0.3, 0.4) is 0 Å². The van der Waals surface area contributed by atoms with Gasteiger partial charge in [0.1, 0.15) is 0 Å².